The average molecular weight is 779 g/mol. The lowest BCUT2D eigenvalue weighted by molar-refractivity contribution is 0.0919. The molecule has 58 heavy (non-hydrogen) atoms. The Labute approximate surface area is 325 Å². The van der Waals surface area contributed by atoms with Gasteiger partial charge in [0, 0.05) is 55.7 Å². The molecule has 2 heterocycles. The van der Waals surface area contributed by atoms with E-state index in [-0.39, 0.29) is 83.5 Å². The van der Waals surface area contributed by atoms with Gasteiger partial charge in [0.1, 0.15) is 23.0 Å². The number of benzene rings is 4. The van der Waals surface area contributed by atoms with Crippen LogP contribution in [0.1, 0.15) is 116 Å². The van der Waals surface area contributed by atoms with Crippen LogP contribution in [0.2, 0.25) is 0 Å². The molecular formula is C44H26O14. The van der Waals surface area contributed by atoms with Crippen LogP contribution in [0.4, 0.5) is 0 Å². The van der Waals surface area contributed by atoms with Gasteiger partial charge >= 0.3 is 0 Å². The minimum atomic E-state index is -1.23. The normalized spacial score (nSPS) is 22.4. The minimum Gasteiger partial charge on any atom is -0.507 e. The number of carbonyl (C=O) groups is 8. The van der Waals surface area contributed by atoms with Gasteiger partial charge in [0.15, 0.2) is 70.7 Å². The molecule has 0 amide bonds. The number of phenols is 4. The van der Waals surface area contributed by atoms with Gasteiger partial charge in [0.05, 0.1) is 22.3 Å². The lowest BCUT2D eigenvalue weighted by Crippen LogP contribution is -2.28. The molecule has 4 aromatic carbocycles. The molecule has 6 aliphatic rings. The summed E-state index contributed by atoms with van der Waals surface area (Å²) in [4.78, 5) is 110. The first-order chi connectivity index (χ1) is 27.4. The third-order valence-electron chi connectivity index (χ3n) is 11.8. The van der Waals surface area contributed by atoms with Gasteiger partial charge in [-0.25, -0.2) is 0 Å². The van der Waals surface area contributed by atoms with Crippen LogP contribution in [0.25, 0.3) is 22.3 Å². The van der Waals surface area contributed by atoms with E-state index in [1.165, 1.54) is 45.0 Å². The van der Waals surface area contributed by atoms with E-state index in [0.717, 1.165) is 12.2 Å². The molecule has 0 spiro atoms. The fourth-order valence-electron chi connectivity index (χ4n) is 9.12. The van der Waals surface area contributed by atoms with E-state index in [4.69, 9.17) is 9.47 Å². The van der Waals surface area contributed by atoms with Gasteiger partial charge in [0.25, 0.3) is 0 Å². The predicted octanol–water partition coefficient (Wildman–Crippen LogP) is 4.63. The molecule has 4 atom stereocenters. The third-order valence-corrected chi connectivity index (χ3v) is 11.8. The Bertz CT molecular complexity index is 2990. The topological polar surface area (TPSA) is 243 Å². The van der Waals surface area contributed by atoms with E-state index in [2.05, 4.69) is 0 Å². The Balaban J connectivity index is 1.18. The number of rotatable bonds is 3. The molecule has 2 aliphatic heterocycles. The summed E-state index contributed by atoms with van der Waals surface area (Å²) in [5.74, 6) is -8.75. The van der Waals surface area contributed by atoms with Crippen molar-refractivity contribution in [3.8, 4) is 34.1 Å². The molecule has 286 valence electrons. The van der Waals surface area contributed by atoms with E-state index in [0.29, 0.717) is 5.56 Å². The highest BCUT2D eigenvalue weighted by Gasteiger charge is 2.58. The molecule has 4 aromatic rings. The predicted molar refractivity (Wildman–Crippen MR) is 198 cm³/mol. The summed E-state index contributed by atoms with van der Waals surface area (Å²) < 4.78 is 10.6. The smallest absolute Gasteiger partial charge is 0.199 e. The number of allylic oxidation sites excluding steroid dienone is 4. The number of fused-ring (bicyclic) bond motifs is 6. The Morgan fingerprint density at radius 2 is 0.897 bits per heavy atom. The summed E-state index contributed by atoms with van der Waals surface area (Å²) in [5, 5.41) is 45.9. The van der Waals surface area contributed by atoms with E-state index >= 15 is 0 Å². The molecule has 4 aliphatic carbocycles. The number of aromatic hydroxyl groups is 4. The van der Waals surface area contributed by atoms with Crippen molar-refractivity contribution in [3.05, 3.63) is 114 Å². The Hall–Kier alpha value is -7.16. The van der Waals surface area contributed by atoms with Crippen molar-refractivity contribution in [2.45, 2.75) is 52.1 Å². The Morgan fingerprint density at radius 1 is 0.431 bits per heavy atom. The summed E-state index contributed by atoms with van der Waals surface area (Å²) in [5.41, 5.74) is -3.47. The van der Waals surface area contributed by atoms with Crippen LogP contribution >= 0.6 is 0 Å². The van der Waals surface area contributed by atoms with E-state index in [1.807, 2.05) is 0 Å². The maximum Gasteiger partial charge on any atom is 0.199 e. The van der Waals surface area contributed by atoms with Crippen molar-refractivity contribution in [2.75, 3.05) is 0 Å². The fourth-order valence-corrected chi connectivity index (χ4v) is 9.12. The van der Waals surface area contributed by atoms with Crippen LogP contribution < -0.4 is 0 Å². The molecule has 14 heteroatoms. The average Bonchev–Trinajstić information content (AvgIpc) is 4.08. The molecule has 0 aromatic heterocycles. The number of epoxide rings is 2. The van der Waals surface area contributed by atoms with Gasteiger partial charge in [0.2, 0.25) is 0 Å². The first-order valence-electron chi connectivity index (χ1n) is 18.0. The Kier molecular flexibility index (Phi) is 6.84. The Morgan fingerprint density at radius 3 is 1.53 bits per heavy atom. The third kappa shape index (κ3) is 4.32. The highest BCUT2D eigenvalue weighted by atomic mass is 16.6. The number of ketones is 8. The molecule has 0 bridgehead atoms. The summed E-state index contributed by atoms with van der Waals surface area (Å²) in [6.45, 7) is 5.91. The first kappa shape index (κ1) is 35.3. The van der Waals surface area contributed by atoms with E-state index in [1.54, 1.807) is 6.92 Å². The number of phenolic OH excluding ortho intramolecular Hbond substituents is 4. The number of ether oxygens (including phenoxy) is 2. The fraction of sp³-hybridized carbons (Fsp3) is 0.182. The summed E-state index contributed by atoms with van der Waals surface area (Å²) in [6, 6.07) is 5.29. The largest absolute Gasteiger partial charge is 0.507 e. The molecule has 0 saturated carbocycles. The van der Waals surface area contributed by atoms with Crippen LogP contribution in [0.3, 0.4) is 0 Å². The first-order valence-corrected chi connectivity index (χ1v) is 18.0. The van der Waals surface area contributed by atoms with Gasteiger partial charge in [-0.15, -0.1) is 0 Å². The number of carbonyl (C=O) groups excluding carboxylic acids is 8. The van der Waals surface area contributed by atoms with Crippen molar-refractivity contribution in [2.24, 2.45) is 0 Å². The van der Waals surface area contributed by atoms with E-state index in [9.17, 15) is 58.8 Å². The van der Waals surface area contributed by atoms with Crippen molar-refractivity contribution in [1.82, 2.24) is 0 Å². The monoisotopic (exact) mass is 778 g/mol. The maximum absolute atomic E-state index is 14.3. The molecule has 4 N–H and O–H groups in total. The van der Waals surface area contributed by atoms with Gasteiger partial charge in [-0.1, -0.05) is 0 Å². The zero-order valence-corrected chi connectivity index (χ0v) is 30.6. The molecule has 10 rings (SSSR count). The van der Waals surface area contributed by atoms with Gasteiger partial charge < -0.3 is 29.9 Å². The number of hydrogen-bond acceptors (Lipinski definition) is 14. The molecule has 2 saturated heterocycles. The SMILES string of the molecule is Cc1cc(O)c2c(c1)C(=O)C(c1c(C)c(-c3c(C)cc4c(c3O)C(=O)C=C(c3c(C)cc5c(c3O)C(=O)C3OC3C5=O)C4=O)c3c(c1O)C(=O)C1OC1C3=O)=CC2=O. The van der Waals surface area contributed by atoms with Crippen molar-refractivity contribution in [1.29, 1.82) is 0 Å². The summed E-state index contributed by atoms with van der Waals surface area (Å²) >= 11 is 0. The number of Topliss-reactive ketones (excluding diaryl/α,β-unsaturated/α-hetero) is 6. The van der Waals surface area contributed by atoms with Crippen molar-refractivity contribution < 1.29 is 68.3 Å². The maximum atomic E-state index is 14.3. The zero-order chi connectivity index (χ0) is 41.3. The zero-order valence-electron chi connectivity index (χ0n) is 30.6. The van der Waals surface area contributed by atoms with Crippen LogP contribution in [0.5, 0.6) is 23.0 Å². The lowest BCUT2D eigenvalue weighted by Gasteiger charge is -2.27. The van der Waals surface area contributed by atoms with Gasteiger partial charge in [-0.2, -0.15) is 0 Å². The highest BCUT2D eigenvalue weighted by molar-refractivity contribution is 6.42. The molecule has 0 radical (unpaired) electrons. The van der Waals surface area contributed by atoms with Crippen molar-refractivity contribution in [3.63, 3.8) is 0 Å². The number of hydrogen-bond donors (Lipinski definition) is 4. The second-order valence-electron chi connectivity index (χ2n) is 15.3. The lowest BCUT2D eigenvalue weighted by atomic mass is 9.74. The van der Waals surface area contributed by atoms with Crippen LogP contribution in [0, 0.1) is 27.7 Å². The molecular weight excluding hydrogens is 752 g/mol. The van der Waals surface area contributed by atoms with Crippen molar-refractivity contribution >= 4 is 57.4 Å². The standard InChI is InChI=1S/C44H26O14/c1-11-5-15-27(20(45)6-11)21(46)10-19(32(15)48)25-14(4)26(30-31(37(25)53)40(56)44-43(58-44)39(30)55)24-13(3)8-16-28(36(24)52)22(47)9-18(33(16)49)23-12(2)7-17-29(35(23)51)38(54)42-41(57-42)34(17)50/h5-10,41-45,51-53H,1-4H3. The highest BCUT2D eigenvalue weighted by Crippen LogP contribution is 2.53. The van der Waals surface area contributed by atoms with Crippen LogP contribution in [0.15, 0.2) is 36.4 Å². The van der Waals surface area contributed by atoms with Crippen LogP contribution in [-0.2, 0) is 9.47 Å². The van der Waals surface area contributed by atoms with Gasteiger partial charge in [-0.05, 0) is 86.4 Å². The second kappa shape index (κ2) is 11.2. The summed E-state index contributed by atoms with van der Waals surface area (Å²) in [7, 11) is 0. The quantitative estimate of drug-likeness (QED) is 0.207. The number of aryl methyl sites for hydroxylation is 3. The summed E-state index contributed by atoms with van der Waals surface area (Å²) in [6.07, 6.45) is -2.68. The molecule has 2 fully saturated rings. The minimum absolute atomic E-state index is 0.0518. The van der Waals surface area contributed by atoms with E-state index < -0.39 is 105 Å². The van der Waals surface area contributed by atoms with Gasteiger partial charge in [-0.3, -0.25) is 38.4 Å². The second-order valence-corrected chi connectivity index (χ2v) is 15.3. The van der Waals surface area contributed by atoms with Crippen LogP contribution in [-0.4, -0.2) is 91.1 Å². The molecule has 14 nitrogen and oxygen atoms in total. The molecule has 4 unspecified atom stereocenters.